The largest absolute Gasteiger partial charge is 0.167 e. The summed E-state index contributed by atoms with van der Waals surface area (Å²) in [6.45, 7) is 8.82. The lowest BCUT2D eigenvalue weighted by Gasteiger charge is -1.96. The standard InChI is InChI=1S/C9H13BrN2/c1-4-5-9(10)7-6-8(2)12-11-3/h4-5H,1,3,6-7H2,2H3/b9-5+,12-8-. The van der Waals surface area contributed by atoms with Crippen LogP contribution < -0.4 is 0 Å². The van der Waals surface area contributed by atoms with E-state index in [0.717, 1.165) is 23.0 Å². The highest BCUT2D eigenvalue weighted by Crippen LogP contribution is 2.13. The molecule has 66 valence electrons. The van der Waals surface area contributed by atoms with E-state index in [1.807, 2.05) is 13.0 Å². The highest BCUT2D eigenvalue weighted by Gasteiger charge is 1.93. The zero-order valence-corrected chi connectivity index (χ0v) is 8.84. The minimum Gasteiger partial charge on any atom is -0.167 e. The summed E-state index contributed by atoms with van der Waals surface area (Å²) in [6.07, 6.45) is 5.50. The van der Waals surface area contributed by atoms with Gasteiger partial charge >= 0.3 is 0 Å². The lowest BCUT2D eigenvalue weighted by molar-refractivity contribution is 1.05. The second kappa shape index (κ2) is 6.98. The van der Waals surface area contributed by atoms with E-state index in [0.29, 0.717) is 0 Å². The Hall–Kier alpha value is -0.700. The lowest BCUT2D eigenvalue weighted by atomic mass is 10.2. The highest BCUT2D eigenvalue weighted by molar-refractivity contribution is 9.11. The van der Waals surface area contributed by atoms with E-state index in [9.17, 15) is 0 Å². The van der Waals surface area contributed by atoms with Gasteiger partial charge in [-0.25, -0.2) is 0 Å². The molecule has 0 radical (unpaired) electrons. The molecule has 0 heterocycles. The van der Waals surface area contributed by atoms with E-state index >= 15 is 0 Å². The fraction of sp³-hybridized carbons (Fsp3) is 0.333. The molecule has 0 aromatic rings. The number of halogens is 1. The smallest absolute Gasteiger partial charge is 0.0378 e. The molecule has 0 aliphatic carbocycles. The first-order valence-electron chi connectivity index (χ1n) is 3.67. The van der Waals surface area contributed by atoms with Crippen LogP contribution >= 0.6 is 15.9 Å². The van der Waals surface area contributed by atoms with Crippen molar-refractivity contribution >= 4 is 28.4 Å². The normalized spacial score (nSPS) is 12.8. The predicted molar refractivity (Wildman–Crippen MR) is 59.1 cm³/mol. The molecule has 0 unspecified atom stereocenters. The molecular formula is C9H13BrN2. The van der Waals surface area contributed by atoms with Gasteiger partial charge in [0.25, 0.3) is 0 Å². The Labute approximate surface area is 81.9 Å². The van der Waals surface area contributed by atoms with Gasteiger partial charge in [0.2, 0.25) is 0 Å². The first kappa shape index (κ1) is 11.3. The topological polar surface area (TPSA) is 24.7 Å². The van der Waals surface area contributed by atoms with Gasteiger partial charge in [-0.1, -0.05) is 34.7 Å². The van der Waals surface area contributed by atoms with Gasteiger partial charge in [-0.05, 0) is 24.2 Å². The molecular weight excluding hydrogens is 216 g/mol. The molecule has 0 amide bonds. The molecule has 0 aromatic heterocycles. The minimum atomic E-state index is 0.893. The Balaban J connectivity index is 3.82. The van der Waals surface area contributed by atoms with E-state index in [-0.39, 0.29) is 0 Å². The van der Waals surface area contributed by atoms with Gasteiger partial charge < -0.3 is 0 Å². The van der Waals surface area contributed by atoms with Gasteiger partial charge in [-0.3, -0.25) is 0 Å². The fourth-order valence-corrected chi connectivity index (χ4v) is 1.07. The summed E-state index contributed by atoms with van der Waals surface area (Å²) in [5.74, 6) is 0. The van der Waals surface area contributed by atoms with Crippen LogP contribution in [0.15, 0.2) is 33.4 Å². The van der Waals surface area contributed by atoms with Crippen LogP contribution in [-0.4, -0.2) is 12.4 Å². The minimum absolute atomic E-state index is 0.893. The average Bonchev–Trinajstić information content (AvgIpc) is 2.02. The summed E-state index contributed by atoms with van der Waals surface area (Å²) < 4.78 is 1.12. The molecule has 0 bridgehead atoms. The summed E-state index contributed by atoms with van der Waals surface area (Å²) in [6, 6.07) is 0. The van der Waals surface area contributed by atoms with Crippen molar-refractivity contribution in [1.29, 1.82) is 0 Å². The van der Waals surface area contributed by atoms with Crippen molar-refractivity contribution in [3.63, 3.8) is 0 Å². The van der Waals surface area contributed by atoms with Gasteiger partial charge in [-0.15, -0.1) is 0 Å². The van der Waals surface area contributed by atoms with Crippen molar-refractivity contribution in [2.75, 3.05) is 0 Å². The summed E-state index contributed by atoms with van der Waals surface area (Å²) in [7, 11) is 0. The van der Waals surface area contributed by atoms with Gasteiger partial charge in [0, 0.05) is 12.4 Å². The molecule has 0 aromatic carbocycles. The van der Waals surface area contributed by atoms with Crippen LogP contribution in [0.2, 0.25) is 0 Å². The number of rotatable bonds is 5. The van der Waals surface area contributed by atoms with Crippen LogP contribution in [0.5, 0.6) is 0 Å². The molecule has 0 rings (SSSR count). The Morgan fingerprint density at radius 1 is 1.50 bits per heavy atom. The average molecular weight is 229 g/mol. The molecule has 0 fully saturated rings. The quantitative estimate of drug-likeness (QED) is 0.392. The first-order chi connectivity index (χ1) is 5.70. The molecule has 0 saturated heterocycles. The van der Waals surface area contributed by atoms with Crippen molar-refractivity contribution < 1.29 is 0 Å². The Bertz CT molecular complexity index is 193. The van der Waals surface area contributed by atoms with Gasteiger partial charge in [0.1, 0.15) is 0 Å². The van der Waals surface area contributed by atoms with E-state index in [4.69, 9.17) is 0 Å². The molecule has 0 atom stereocenters. The zero-order valence-electron chi connectivity index (χ0n) is 7.26. The number of hydrogen-bond donors (Lipinski definition) is 0. The maximum Gasteiger partial charge on any atom is 0.0378 e. The maximum absolute atomic E-state index is 3.81. The highest BCUT2D eigenvalue weighted by atomic mass is 79.9. The van der Waals surface area contributed by atoms with Crippen molar-refractivity contribution in [1.82, 2.24) is 0 Å². The van der Waals surface area contributed by atoms with E-state index in [1.54, 1.807) is 6.08 Å². The van der Waals surface area contributed by atoms with Crippen LogP contribution in [0, 0.1) is 0 Å². The second-order valence-corrected chi connectivity index (χ2v) is 3.34. The predicted octanol–water partition coefficient (Wildman–Crippen LogP) is 3.31. The van der Waals surface area contributed by atoms with Crippen molar-refractivity contribution in [3.8, 4) is 0 Å². The SMILES string of the molecule is C=C/C=C(/Br)CC/C(C)=N\N=C. The first-order valence-corrected chi connectivity index (χ1v) is 4.46. The molecule has 0 aliphatic rings. The van der Waals surface area contributed by atoms with Crippen molar-refractivity contribution in [2.24, 2.45) is 10.2 Å². The summed E-state index contributed by atoms with van der Waals surface area (Å²) in [4.78, 5) is 0. The van der Waals surface area contributed by atoms with Crippen LogP contribution in [0.4, 0.5) is 0 Å². The van der Waals surface area contributed by atoms with E-state index in [2.05, 4.69) is 39.4 Å². The van der Waals surface area contributed by atoms with Crippen molar-refractivity contribution in [2.45, 2.75) is 19.8 Å². The van der Waals surface area contributed by atoms with Crippen molar-refractivity contribution in [3.05, 3.63) is 23.2 Å². The molecule has 12 heavy (non-hydrogen) atoms. The van der Waals surface area contributed by atoms with Crippen LogP contribution in [0.1, 0.15) is 19.8 Å². The number of hydrogen-bond acceptors (Lipinski definition) is 2. The number of nitrogens with zero attached hydrogens (tertiary/aromatic N) is 2. The summed E-state index contributed by atoms with van der Waals surface area (Å²) in [5, 5.41) is 7.26. The molecule has 0 N–H and O–H groups in total. The third kappa shape index (κ3) is 6.04. The Morgan fingerprint density at radius 2 is 2.17 bits per heavy atom. The molecule has 2 nitrogen and oxygen atoms in total. The monoisotopic (exact) mass is 228 g/mol. The third-order valence-corrected chi connectivity index (χ3v) is 1.93. The summed E-state index contributed by atoms with van der Waals surface area (Å²) >= 11 is 3.41. The van der Waals surface area contributed by atoms with Crippen LogP contribution in [-0.2, 0) is 0 Å². The molecule has 0 saturated carbocycles. The zero-order chi connectivity index (χ0) is 9.40. The molecule has 0 aliphatic heterocycles. The Kier molecular flexibility index (Phi) is 6.57. The molecule has 0 spiro atoms. The van der Waals surface area contributed by atoms with E-state index < -0.39 is 0 Å². The van der Waals surface area contributed by atoms with Crippen LogP contribution in [0.25, 0.3) is 0 Å². The maximum atomic E-state index is 3.81. The molecule has 3 heteroatoms. The van der Waals surface area contributed by atoms with E-state index in [1.165, 1.54) is 0 Å². The second-order valence-electron chi connectivity index (χ2n) is 2.33. The lowest BCUT2D eigenvalue weighted by Crippen LogP contribution is -1.89. The van der Waals surface area contributed by atoms with Crippen LogP contribution in [0.3, 0.4) is 0 Å². The third-order valence-electron chi connectivity index (χ3n) is 1.27. The van der Waals surface area contributed by atoms with Gasteiger partial charge in [0.05, 0.1) is 0 Å². The summed E-state index contributed by atoms with van der Waals surface area (Å²) in [5.41, 5.74) is 0.986. The fourth-order valence-electron chi connectivity index (χ4n) is 0.682. The number of allylic oxidation sites excluding steroid dienone is 3. The Morgan fingerprint density at radius 3 is 2.67 bits per heavy atom. The van der Waals surface area contributed by atoms with Gasteiger partial charge in [0.15, 0.2) is 0 Å². The van der Waals surface area contributed by atoms with Gasteiger partial charge in [-0.2, -0.15) is 10.2 Å².